The first kappa shape index (κ1) is 14.9. The minimum atomic E-state index is -0.616. The van der Waals surface area contributed by atoms with Gasteiger partial charge in [-0.15, -0.1) is 12.4 Å². The van der Waals surface area contributed by atoms with Crippen LogP contribution in [0.1, 0.15) is 10.4 Å². The Morgan fingerprint density at radius 3 is 2.56 bits per heavy atom. The molecule has 1 rings (SSSR count). The van der Waals surface area contributed by atoms with Crippen molar-refractivity contribution in [3.05, 3.63) is 35.6 Å². The predicted octanol–water partition coefficient (Wildman–Crippen LogP) is 1.97. The van der Waals surface area contributed by atoms with E-state index in [2.05, 4.69) is 0 Å². The molecule has 0 bridgehead atoms. The van der Waals surface area contributed by atoms with Gasteiger partial charge in [-0.05, 0) is 26.2 Å². The molecular formula is C11H15ClFNO2. The zero-order valence-electron chi connectivity index (χ0n) is 9.27. The Morgan fingerprint density at radius 1 is 1.38 bits per heavy atom. The zero-order valence-corrected chi connectivity index (χ0v) is 10.1. The van der Waals surface area contributed by atoms with Gasteiger partial charge in [-0.25, -0.2) is 9.18 Å². The first-order valence-electron chi connectivity index (χ1n) is 4.67. The predicted molar refractivity (Wildman–Crippen MR) is 62.5 cm³/mol. The fourth-order valence-corrected chi connectivity index (χ4v) is 1.03. The van der Waals surface area contributed by atoms with E-state index in [-0.39, 0.29) is 24.6 Å². The van der Waals surface area contributed by atoms with E-state index in [4.69, 9.17) is 4.74 Å². The van der Waals surface area contributed by atoms with E-state index in [1.54, 1.807) is 6.07 Å². The van der Waals surface area contributed by atoms with Crippen molar-refractivity contribution in [2.75, 3.05) is 27.2 Å². The van der Waals surface area contributed by atoms with Gasteiger partial charge in [0.25, 0.3) is 0 Å². The molecule has 3 nitrogen and oxygen atoms in total. The molecule has 0 aliphatic heterocycles. The number of likely N-dealkylation sites (N-methyl/N-ethyl adjacent to an activating group) is 1. The Balaban J connectivity index is 0.00000225. The van der Waals surface area contributed by atoms with Gasteiger partial charge in [0.05, 0.1) is 5.56 Å². The molecule has 0 unspecified atom stereocenters. The number of hydrogen-bond donors (Lipinski definition) is 0. The summed E-state index contributed by atoms with van der Waals surface area (Å²) >= 11 is 0. The van der Waals surface area contributed by atoms with Gasteiger partial charge in [0.2, 0.25) is 0 Å². The Bertz CT molecular complexity index is 345. The van der Waals surface area contributed by atoms with E-state index in [9.17, 15) is 9.18 Å². The van der Waals surface area contributed by atoms with Crippen molar-refractivity contribution in [2.45, 2.75) is 0 Å². The summed E-state index contributed by atoms with van der Waals surface area (Å²) in [6, 6.07) is 5.79. The number of carbonyl (C=O) groups excluding carboxylic acids is 1. The largest absolute Gasteiger partial charge is 0.461 e. The highest BCUT2D eigenvalue weighted by Gasteiger charge is 2.11. The monoisotopic (exact) mass is 247 g/mol. The van der Waals surface area contributed by atoms with Crippen LogP contribution in [0.4, 0.5) is 4.39 Å². The topological polar surface area (TPSA) is 29.5 Å². The van der Waals surface area contributed by atoms with Crippen LogP contribution < -0.4 is 0 Å². The SMILES string of the molecule is CN(C)CCOC(=O)c1ccccc1F.Cl. The Morgan fingerprint density at radius 2 is 2.00 bits per heavy atom. The molecule has 0 spiro atoms. The third-order valence-corrected chi connectivity index (χ3v) is 1.87. The van der Waals surface area contributed by atoms with Crippen LogP contribution in [0.3, 0.4) is 0 Å². The number of ether oxygens (including phenoxy) is 1. The smallest absolute Gasteiger partial charge is 0.341 e. The van der Waals surface area contributed by atoms with Crippen molar-refractivity contribution < 1.29 is 13.9 Å². The quantitative estimate of drug-likeness (QED) is 0.762. The molecule has 1 aromatic carbocycles. The first-order valence-corrected chi connectivity index (χ1v) is 4.67. The molecule has 1 aromatic rings. The van der Waals surface area contributed by atoms with E-state index >= 15 is 0 Å². The maximum Gasteiger partial charge on any atom is 0.341 e. The lowest BCUT2D eigenvalue weighted by Gasteiger charge is -2.09. The van der Waals surface area contributed by atoms with Crippen LogP contribution in [-0.2, 0) is 4.74 Å². The third-order valence-electron chi connectivity index (χ3n) is 1.87. The summed E-state index contributed by atoms with van der Waals surface area (Å²) in [6.45, 7) is 0.889. The number of hydrogen-bond acceptors (Lipinski definition) is 3. The fourth-order valence-electron chi connectivity index (χ4n) is 1.03. The number of halogens is 2. The second kappa shape index (κ2) is 7.19. The van der Waals surface area contributed by atoms with Crippen molar-refractivity contribution in [2.24, 2.45) is 0 Å². The lowest BCUT2D eigenvalue weighted by atomic mass is 10.2. The molecule has 0 aliphatic rings. The van der Waals surface area contributed by atoms with Gasteiger partial charge in [0.1, 0.15) is 12.4 Å². The maximum absolute atomic E-state index is 13.1. The molecule has 0 heterocycles. The molecule has 0 saturated carbocycles. The van der Waals surface area contributed by atoms with E-state index < -0.39 is 11.8 Å². The van der Waals surface area contributed by atoms with Gasteiger partial charge in [-0.3, -0.25) is 0 Å². The molecule has 0 atom stereocenters. The van der Waals surface area contributed by atoms with E-state index in [0.717, 1.165) is 0 Å². The second-order valence-electron chi connectivity index (χ2n) is 3.42. The Hall–Kier alpha value is -1.13. The average molecular weight is 248 g/mol. The minimum absolute atomic E-state index is 0. The van der Waals surface area contributed by atoms with E-state index in [1.165, 1.54) is 18.2 Å². The van der Waals surface area contributed by atoms with Crippen molar-refractivity contribution in [1.82, 2.24) is 4.90 Å². The molecule has 0 fully saturated rings. The lowest BCUT2D eigenvalue weighted by molar-refractivity contribution is 0.0476. The van der Waals surface area contributed by atoms with Crippen molar-refractivity contribution in [3.63, 3.8) is 0 Å². The van der Waals surface area contributed by atoms with Crippen LogP contribution in [-0.4, -0.2) is 38.1 Å². The maximum atomic E-state index is 13.1. The van der Waals surface area contributed by atoms with Crippen LogP contribution in [0.15, 0.2) is 24.3 Å². The number of rotatable bonds is 4. The third kappa shape index (κ3) is 4.59. The first-order chi connectivity index (χ1) is 7.11. The highest BCUT2D eigenvalue weighted by atomic mass is 35.5. The van der Waals surface area contributed by atoms with Crippen molar-refractivity contribution in [1.29, 1.82) is 0 Å². The number of benzene rings is 1. The summed E-state index contributed by atoms with van der Waals surface area (Å²) in [7, 11) is 3.74. The molecule has 16 heavy (non-hydrogen) atoms. The molecule has 0 aliphatic carbocycles. The molecule has 0 radical (unpaired) electrons. The van der Waals surface area contributed by atoms with Gasteiger partial charge in [-0.1, -0.05) is 12.1 Å². The second-order valence-corrected chi connectivity index (χ2v) is 3.42. The molecule has 0 N–H and O–H groups in total. The molecule has 5 heteroatoms. The van der Waals surface area contributed by atoms with E-state index in [0.29, 0.717) is 6.54 Å². The summed E-state index contributed by atoms with van der Waals surface area (Å²) in [4.78, 5) is 13.2. The van der Waals surface area contributed by atoms with E-state index in [1.807, 2.05) is 19.0 Å². The van der Waals surface area contributed by atoms with Gasteiger partial charge in [-0.2, -0.15) is 0 Å². The van der Waals surface area contributed by atoms with Crippen molar-refractivity contribution in [3.8, 4) is 0 Å². The summed E-state index contributed by atoms with van der Waals surface area (Å²) in [5, 5.41) is 0. The lowest BCUT2D eigenvalue weighted by Crippen LogP contribution is -2.20. The number of carbonyl (C=O) groups is 1. The molecule has 0 saturated heterocycles. The van der Waals surface area contributed by atoms with Crippen molar-refractivity contribution >= 4 is 18.4 Å². The van der Waals surface area contributed by atoms with Crippen LogP contribution in [0.5, 0.6) is 0 Å². The summed E-state index contributed by atoms with van der Waals surface area (Å²) in [5.41, 5.74) is -0.0174. The summed E-state index contributed by atoms with van der Waals surface area (Å²) < 4.78 is 18.0. The molecule has 0 amide bonds. The van der Waals surface area contributed by atoms with Gasteiger partial charge >= 0.3 is 5.97 Å². The van der Waals surface area contributed by atoms with Gasteiger partial charge in [0.15, 0.2) is 0 Å². The van der Waals surface area contributed by atoms with Crippen LogP contribution >= 0.6 is 12.4 Å². The highest BCUT2D eigenvalue weighted by molar-refractivity contribution is 5.89. The number of esters is 1. The Labute approximate surface area is 101 Å². The standard InChI is InChI=1S/C11H14FNO2.ClH/c1-13(2)7-8-15-11(14)9-5-3-4-6-10(9)12;/h3-6H,7-8H2,1-2H3;1H. The molecule has 90 valence electrons. The Kier molecular flexibility index (Phi) is 6.69. The fraction of sp³-hybridized carbons (Fsp3) is 0.364. The molecule has 0 aromatic heterocycles. The van der Waals surface area contributed by atoms with Crippen LogP contribution in [0.2, 0.25) is 0 Å². The van der Waals surface area contributed by atoms with Gasteiger partial charge < -0.3 is 9.64 Å². The van der Waals surface area contributed by atoms with Crippen LogP contribution in [0.25, 0.3) is 0 Å². The summed E-state index contributed by atoms with van der Waals surface area (Å²) in [6.07, 6.45) is 0. The van der Waals surface area contributed by atoms with Crippen LogP contribution in [0, 0.1) is 5.82 Å². The van der Waals surface area contributed by atoms with Gasteiger partial charge in [0, 0.05) is 6.54 Å². The molecular weight excluding hydrogens is 233 g/mol. The number of nitrogens with zero attached hydrogens (tertiary/aromatic N) is 1. The average Bonchev–Trinajstić information content (AvgIpc) is 2.17. The zero-order chi connectivity index (χ0) is 11.3. The summed E-state index contributed by atoms with van der Waals surface area (Å²) in [5.74, 6) is -1.16. The normalized spacial score (nSPS) is 9.75. The highest BCUT2D eigenvalue weighted by Crippen LogP contribution is 2.07. The minimum Gasteiger partial charge on any atom is -0.461 e.